The summed E-state index contributed by atoms with van der Waals surface area (Å²) >= 11 is 3.99. The molecule has 4 rings (SSSR count). The SMILES string of the molecule is O=C(CSc1n[nH]c(-c2cccs2)n1)Nc1cccc2nsnc12. The number of hydrogen-bond donors (Lipinski definition) is 2. The molecule has 3 heterocycles. The molecule has 7 nitrogen and oxygen atoms in total. The first-order valence-electron chi connectivity index (χ1n) is 6.90. The molecule has 0 aliphatic carbocycles. The first-order valence-corrected chi connectivity index (χ1v) is 9.49. The molecule has 0 saturated heterocycles. The van der Waals surface area contributed by atoms with Crippen LogP contribution in [-0.4, -0.2) is 35.6 Å². The molecule has 0 radical (unpaired) electrons. The molecular weight excluding hydrogens is 364 g/mol. The van der Waals surface area contributed by atoms with Gasteiger partial charge in [0.15, 0.2) is 5.82 Å². The number of thioether (sulfide) groups is 1. The zero-order chi connectivity index (χ0) is 16.4. The summed E-state index contributed by atoms with van der Waals surface area (Å²) in [6.07, 6.45) is 0. The maximum Gasteiger partial charge on any atom is 0.234 e. The maximum absolute atomic E-state index is 12.1. The smallest absolute Gasteiger partial charge is 0.234 e. The van der Waals surface area contributed by atoms with Gasteiger partial charge < -0.3 is 5.32 Å². The van der Waals surface area contributed by atoms with Gasteiger partial charge in [0.05, 0.1) is 28.0 Å². The van der Waals surface area contributed by atoms with Gasteiger partial charge in [-0.2, -0.15) is 8.75 Å². The molecule has 0 aliphatic rings. The summed E-state index contributed by atoms with van der Waals surface area (Å²) in [5.74, 6) is 0.796. The molecule has 24 heavy (non-hydrogen) atoms. The highest BCUT2D eigenvalue weighted by molar-refractivity contribution is 7.99. The molecule has 0 saturated carbocycles. The Morgan fingerprint density at radius 3 is 3.08 bits per heavy atom. The number of rotatable bonds is 5. The van der Waals surface area contributed by atoms with Crippen LogP contribution in [0.3, 0.4) is 0 Å². The van der Waals surface area contributed by atoms with Crippen LogP contribution >= 0.6 is 34.8 Å². The first kappa shape index (κ1) is 15.2. The number of aromatic amines is 1. The van der Waals surface area contributed by atoms with Gasteiger partial charge in [-0.1, -0.05) is 23.9 Å². The lowest BCUT2D eigenvalue weighted by Gasteiger charge is -2.04. The van der Waals surface area contributed by atoms with Crippen LogP contribution in [0.1, 0.15) is 0 Å². The second kappa shape index (κ2) is 6.67. The minimum absolute atomic E-state index is 0.136. The lowest BCUT2D eigenvalue weighted by atomic mass is 10.2. The third-order valence-corrected chi connectivity index (χ3v) is 5.38. The van der Waals surface area contributed by atoms with Gasteiger partial charge >= 0.3 is 0 Å². The van der Waals surface area contributed by atoms with E-state index >= 15 is 0 Å². The van der Waals surface area contributed by atoms with Crippen LogP contribution in [0, 0.1) is 0 Å². The van der Waals surface area contributed by atoms with Gasteiger partial charge in [-0.15, -0.1) is 16.4 Å². The van der Waals surface area contributed by atoms with E-state index in [1.165, 1.54) is 11.8 Å². The zero-order valence-corrected chi connectivity index (χ0v) is 14.5. The number of nitrogens with one attached hydrogen (secondary N) is 2. The molecule has 1 amide bonds. The number of carbonyl (C=O) groups excluding carboxylic acids is 1. The highest BCUT2D eigenvalue weighted by Gasteiger charge is 2.11. The van der Waals surface area contributed by atoms with E-state index in [2.05, 4.69) is 29.2 Å². The van der Waals surface area contributed by atoms with Crippen molar-refractivity contribution in [2.45, 2.75) is 5.16 Å². The van der Waals surface area contributed by atoms with E-state index in [-0.39, 0.29) is 11.7 Å². The van der Waals surface area contributed by atoms with Crippen molar-refractivity contribution in [1.82, 2.24) is 23.9 Å². The molecule has 0 bridgehead atoms. The molecule has 4 aromatic rings. The van der Waals surface area contributed by atoms with Crippen LogP contribution in [-0.2, 0) is 4.79 Å². The minimum atomic E-state index is -0.136. The summed E-state index contributed by atoms with van der Waals surface area (Å²) in [6.45, 7) is 0. The Balaban J connectivity index is 1.39. The topological polar surface area (TPSA) is 96.5 Å². The summed E-state index contributed by atoms with van der Waals surface area (Å²) in [4.78, 5) is 17.5. The minimum Gasteiger partial charge on any atom is -0.323 e. The number of hydrogen-bond acceptors (Lipinski definition) is 8. The Hall–Kier alpha value is -2.30. The third-order valence-electron chi connectivity index (χ3n) is 3.11. The summed E-state index contributed by atoms with van der Waals surface area (Å²) in [6, 6.07) is 9.44. The van der Waals surface area contributed by atoms with Gasteiger partial charge in [0.1, 0.15) is 11.0 Å². The van der Waals surface area contributed by atoms with Crippen LogP contribution in [0.25, 0.3) is 21.7 Å². The number of nitrogens with zero attached hydrogens (tertiary/aromatic N) is 4. The van der Waals surface area contributed by atoms with Gasteiger partial charge in [-0.05, 0) is 23.6 Å². The van der Waals surface area contributed by atoms with E-state index in [1.807, 2.05) is 35.7 Å². The number of H-pyrrole nitrogens is 1. The number of aromatic nitrogens is 5. The monoisotopic (exact) mass is 374 g/mol. The average Bonchev–Trinajstić information content (AvgIpc) is 3.32. The maximum atomic E-state index is 12.1. The van der Waals surface area contributed by atoms with E-state index in [1.54, 1.807) is 11.3 Å². The van der Waals surface area contributed by atoms with E-state index in [9.17, 15) is 4.79 Å². The number of amides is 1. The fraction of sp³-hybridized carbons (Fsp3) is 0.0714. The number of thiophene rings is 1. The lowest BCUT2D eigenvalue weighted by Crippen LogP contribution is -2.14. The fourth-order valence-corrected chi connectivity index (χ4v) is 3.87. The molecule has 0 aliphatic heterocycles. The largest absolute Gasteiger partial charge is 0.323 e. The Labute approximate surface area is 148 Å². The van der Waals surface area contributed by atoms with Crippen LogP contribution in [0.2, 0.25) is 0 Å². The van der Waals surface area contributed by atoms with E-state index in [4.69, 9.17) is 0 Å². The molecule has 10 heteroatoms. The number of carbonyl (C=O) groups is 1. The summed E-state index contributed by atoms with van der Waals surface area (Å²) in [5, 5.41) is 12.4. The first-order chi connectivity index (χ1) is 11.8. The van der Waals surface area contributed by atoms with Gasteiger partial charge in [-0.3, -0.25) is 9.89 Å². The van der Waals surface area contributed by atoms with Crippen molar-refractivity contribution in [3.63, 3.8) is 0 Å². The van der Waals surface area contributed by atoms with Crippen molar-refractivity contribution >= 4 is 57.5 Å². The molecule has 1 aromatic carbocycles. The van der Waals surface area contributed by atoms with Gasteiger partial charge in [0, 0.05) is 0 Å². The van der Waals surface area contributed by atoms with Crippen molar-refractivity contribution < 1.29 is 4.79 Å². The Kier molecular flexibility index (Phi) is 4.24. The lowest BCUT2D eigenvalue weighted by molar-refractivity contribution is -0.113. The summed E-state index contributed by atoms with van der Waals surface area (Å²) in [5.41, 5.74) is 2.15. The van der Waals surface area contributed by atoms with Gasteiger partial charge in [0.2, 0.25) is 11.1 Å². The van der Waals surface area contributed by atoms with Crippen molar-refractivity contribution in [3.05, 3.63) is 35.7 Å². The van der Waals surface area contributed by atoms with Crippen molar-refractivity contribution in [2.24, 2.45) is 0 Å². The molecule has 0 fully saturated rings. The molecule has 2 N–H and O–H groups in total. The Bertz CT molecular complexity index is 977. The average molecular weight is 374 g/mol. The number of anilines is 1. The van der Waals surface area contributed by atoms with E-state index in [0.29, 0.717) is 22.2 Å². The highest BCUT2D eigenvalue weighted by Crippen LogP contribution is 2.24. The molecule has 0 spiro atoms. The highest BCUT2D eigenvalue weighted by atomic mass is 32.2. The third kappa shape index (κ3) is 3.16. The fourth-order valence-electron chi connectivity index (χ4n) is 2.06. The summed E-state index contributed by atoms with van der Waals surface area (Å²) in [7, 11) is 0. The Morgan fingerprint density at radius 2 is 2.21 bits per heavy atom. The molecule has 3 aromatic heterocycles. The normalized spacial score (nSPS) is 11.0. The van der Waals surface area contributed by atoms with Crippen LogP contribution < -0.4 is 5.32 Å². The molecular formula is C14H10N6OS3. The van der Waals surface area contributed by atoms with E-state index < -0.39 is 0 Å². The van der Waals surface area contributed by atoms with Gasteiger partial charge in [0.25, 0.3) is 0 Å². The van der Waals surface area contributed by atoms with Gasteiger partial charge in [-0.25, -0.2) is 4.98 Å². The summed E-state index contributed by atoms with van der Waals surface area (Å²) < 4.78 is 8.36. The number of fused-ring (bicyclic) bond motifs is 1. The second-order valence-corrected chi connectivity index (χ2v) is 7.14. The van der Waals surface area contributed by atoms with E-state index in [0.717, 1.165) is 22.1 Å². The predicted octanol–water partition coefficient (Wildman–Crippen LogP) is 3.27. The quantitative estimate of drug-likeness (QED) is 0.521. The Morgan fingerprint density at radius 1 is 1.25 bits per heavy atom. The predicted molar refractivity (Wildman–Crippen MR) is 96.5 cm³/mol. The van der Waals surface area contributed by atoms with Crippen molar-refractivity contribution in [3.8, 4) is 10.7 Å². The molecule has 0 atom stereocenters. The van der Waals surface area contributed by atoms with Crippen molar-refractivity contribution in [2.75, 3.05) is 11.1 Å². The second-order valence-electron chi connectivity index (χ2n) is 4.72. The van der Waals surface area contributed by atoms with Crippen LogP contribution in [0.4, 0.5) is 5.69 Å². The van der Waals surface area contributed by atoms with Crippen LogP contribution in [0.5, 0.6) is 0 Å². The van der Waals surface area contributed by atoms with Crippen LogP contribution in [0.15, 0.2) is 40.9 Å². The van der Waals surface area contributed by atoms with Crippen molar-refractivity contribution in [1.29, 1.82) is 0 Å². The molecule has 120 valence electrons. The standard InChI is InChI=1S/C14H10N6OS3/c21-11(15-8-3-1-4-9-12(8)20-24-19-9)7-23-14-16-13(17-18-14)10-5-2-6-22-10/h1-6H,7H2,(H,15,21)(H,16,17,18). The number of benzene rings is 1. The molecule has 0 unspecified atom stereocenters. The zero-order valence-electron chi connectivity index (χ0n) is 12.1.